The molecular formula is C25H32N4O7S2. The molecule has 38 heavy (non-hydrogen) atoms. The van der Waals surface area contributed by atoms with Crippen LogP contribution in [0.15, 0.2) is 57.3 Å². The second kappa shape index (κ2) is 9.67. The van der Waals surface area contributed by atoms with E-state index in [1.165, 1.54) is 18.2 Å². The number of rotatable bonds is 7. The van der Waals surface area contributed by atoms with Crippen molar-refractivity contribution >= 4 is 49.6 Å². The molecule has 2 aromatic carbocycles. The number of sulfonamides is 1. The zero-order valence-electron chi connectivity index (χ0n) is 21.7. The maximum Gasteiger partial charge on any atom is 0.229 e. The van der Waals surface area contributed by atoms with Gasteiger partial charge >= 0.3 is 0 Å². The summed E-state index contributed by atoms with van der Waals surface area (Å²) in [5.41, 5.74) is 1.92. The van der Waals surface area contributed by atoms with Gasteiger partial charge in [-0.1, -0.05) is 48.4 Å². The van der Waals surface area contributed by atoms with E-state index in [0.717, 1.165) is 6.26 Å². The van der Waals surface area contributed by atoms with E-state index in [2.05, 4.69) is 19.9 Å². The molecule has 1 aliphatic carbocycles. The van der Waals surface area contributed by atoms with Crippen LogP contribution in [0.3, 0.4) is 0 Å². The molecule has 1 atom stereocenters. The van der Waals surface area contributed by atoms with Crippen LogP contribution in [0.4, 0.5) is 11.4 Å². The van der Waals surface area contributed by atoms with Crippen molar-refractivity contribution < 1.29 is 32.3 Å². The molecule has 11 nitrogen and oxygen atoms in total. The highest BCUT2D eigenvalue weighted by Crippen LogP contribution is 2.57. The van der Waals surface area contributed by atoms with Crippen LogP contribution in [-0.4, -0.2) is 46.1 Å². The molecule has 0 spiro atoms. The van der Waals surface area contributed by atoms with Gasteiger partial charge in [-0.25, -0.2) is 8.42 Å². The SMILES string of the molecule is CCCC1(NOC(C)(C)C)C(=O)C(C2=NS(O)(O)c3cc(NS(C)(=O)=O)ccc3N2)=C(O)c2ccccc21. The van der Waals surface area contributed by atoms with E-state index >= 15 is 0 Å². The molecule has 0 saturated carbocycles. The molecule has 4 rings (SSSR count). The molecule has 0 amide bonds. The third-order valence-electron chi connectivity index (χ3n) is 5.94. The molecule has 1 aliphatic heterocycles. The smallest absolute Gasteiger partial charge is 0.229 e. The van der Waals surface area contributed by atoms with Crippen LogP contribution in [-0.2, 0) is 25.2 Å². The summed E-state index contributed by atoms with van der Waals surface area (Å²) in [6, 6.07) is 11.0. The van der Waals surface area contributed by atoms with Crippen molar-refractivity contribution in [3.05, 3.63) is 59.2 Å². The normalized spacial score (nSPS) is 21.7. The number of hydrogen-bond acceptors (Lipinski definition) is 10. The van der Waals surface area contributed by atoms with Gasteiger partial charge in [0.25, 0.3) is 0 Å². The zero-order valence-corrected chi connectivity index (χ0v) is 23.3. The molecule has 0 bridgehead atoms. The Balaban J connectivity index is 1.86. The summed E-state index contributed by atoms with van der Waals surface area (Å²) < 4.78 is 51.5. The molecule has 13 heteroatoms. The van der Waals surface area contributed by atoms with Gasteiger partial charge in [-0.15, -0.1) is 4.40 Å². The number of anilines is 2. The minimum absolute atomic E-state index is 0.0624. The summed E-state index contributed by atoms with van der Waals surface area (Å²) in [5.74, 6) is -1.15. The molecule has 0 radical (unpaired) electrons. The Hall–Kier alpha value is -2.94. The lowest BCUT2D eigenvalue weighted by Crippen LogP contribution is -2.55. The number of aliphatic hydroxyl groups excluding tert-OH is 1. The lowest BCUT2D eigenvalue weighted by atomic mass is 9.72. The number of carbonyl (C=O) groups excluding carboxylic acids is 1. The van der Waals surface area contributed by atoms with E-state index in [1.54, 1.807) is 24.3 Å². The van der Waals surface area contributed by atoms with Gasteiger partial charge < -0.3 is 10.4 Å². The fourth-order valence-electron chi connectivity index (χ4n) is 4.44. The van der Waals surface area contributed by atoms with Crippen LogP contribution >= 0.6 is 10.8 Å². The maximum atomic E-state index is 14.2. The number of benzene rings is 2. The summed E-state index contributed by atoms with van der Waals surface area (Å²) in [5, 5.41) is 14.2. The number of amidine groups is 1. The first-order valence-corrected chi connectivity index (χ1v) is 15.3. The van der Waals surface area contributed by atoms with Crippen molar-refractivity contribution in [2.45, 2.75) is 56.6 Å². The Labute approximate surface area is 223 Å². The molecule has 0 aromatic heterocycles. The van der Waals surface area contributed by atoms with Crippen molar-refractivity contribution in [3.63, 3.8) is 0 Å². The first-order valence-electron chi connectivity index (χ1n) is 11.9. The first-order chi connectivity index (χ1) is 17.6. The van der Waals surface area contributed by atoms with Crippen LogP contribution in [0.1, 0.15) is 51.7 Å². The lowest BCUT2D eigenvalue weighted by molar-refractivity contribution is -0.145. The van der Waals surface area contributed by atoms with E-state index in [4.69, 9.17) is 4.84 Å². The highest BCUT2D eigenvalue weighted by atomic mass is 32.3. The van der Waals surface area contributed by atoms with Gasteiger partial charge in [-0.2, -0.15) is 5.48 Å². The van der Waals surface area contributed by atoms with Crippen molar-refractivity contribution in [1.29, 1.82) is 0 Å². The minimum atomic E-state index is -3.89. The Morgan fingerprint density at radius 2 is 1.84 bits per heavy atom. The van der Waals surface area contributed by atoms with E-state index in [1.807, 2.05) is 27.7 Å². The molecule has 0 fully saturated rings. The fraction of sp³-hybridized carbons (Fsp3) is 0.360. The third kappa shape index (κ3) is 5.30. The number of Topliss-reactive ketones (excluding diaryl/α,β-unsaturated/α-hetero) is 1. The van der Waals surface area contributed by atoms with E-state index in [-0.39, 0.29) is 33.4 Å². The summed E-state index contributed by atoms with van der Waals surface area (Å²) in [4.78, 5) is 20.1. The Kier molecular flexibility index (Phi) is 7.14. The summed E-state index contributed by atoms with van der Waals surface area (Å²) >= 11 is 0. The van der Waals surface area contributed by atoms with E-state index in [9.17, 15) is 27.4 Å². The molecule has 0 saturated heterocycles. The molecule has 206 valence electrons. The summed E-state index contributed by atoms with van der Waals surface area (Å²) in [6.45, 7) is 7.41. The zero-order chi connectivity index (χ0) is 28.1. The number of aliphatic hydroxyl groups is 1. The quantitative estimate of drug-likeness (QED) is 0.259. The van der Waals surface area contributed by atoms with Gasteiger partial charge in [-0.3, -0.25) is 23.5 Å². The van der Waals surface area contributed by atoms with Gasteiger partial charge in [0.15, 0.2) is 11.6 Å². The number of nitrogens with one attached hydrogen (secondary N) is 3. The second-order valence-electron chi connectivity index (χ2n) is 10.2. The van der Waals surface area contributed by atoms with Crippen LogP contribution in [0.5, 0.6) is 0 Å². The van der Waals surface area contributed by atoms with Crippen molar-refractivity contribution in [2.75, 3.05) is 16.3 Å². The number of nitrogens with zero attached hydrogens (tertiary/aromatic N) is 1. The molecule has 2 aliphatic rings. The van der Waals surface area contributed by atoms with Gasteiger partial charge in [0.05, 0.1) is 23.2 Å². The van der Waals surface area contributed by atoms with Gasteiger partial charge in [0, 0.05) is 5.56 Å². The number of ketones is 1. The lowest BCUT2D eigenvalue weighted by Gasteiger charge is -2.41. The molecule has 6 N–H and O–H groups in total. The van der Waals surface area contributed by atoms with Crippen molar-refractivity contribution in [1.82, 2.24) is 5.48 Å². The average Bonchev–Trinajstić information content (AvgIpc) is 2.80. The maximum absolute atomic E-state index is 14.2. The molecule has 2 aromatic rings. The second-order valence-corrected chi connectivity index (χ2v) is 13.6. The summed E-state index contributed by atoms with van der Waals surface area (Å²) in [6.07, 6.45) is 1.87. The first kappa shape index (κ1) is 28.1. The Morgan fingerprint density at radius 3 is 2.47 bits per heavy atom. The van der Waals surface area contributed by atoms with Crippen molar-refractivity contribution in [3.8, 4) is 0 Å². The fourth-order valence-corrected chi connectivity index (χ4v) is 6.18. The number of fused-ring (bicyclic) bond motifs is 2. The Morgan fingerprint density at radius 1 is 1.16 bits per heavy atom. The molecule has 1 heterocycles. The topological polar surface area (TPSA) is 170 Å². The van der Waals surface area contributed by atoms with Gasteiger partial charge in [0.1, 0.15) is 21.8 Å². The molecule has 1 unspecified atom stereocenters. The average molecular weight is 565 g/mol. The number of carbonyl (C=O) groups is 1. The monoisotopic (exact) mass is 564 g/mol. The van der Waals surface area contributed by atoms with Crippen molar-refractivity contribution in [2.24, 2.45) is 4.40 Å². The van der Waals surface area contributed by atoms with E-state index in [0.29, 0.717) is 24.0 Å². The summed E-state index contributed by atoms with van der Waals surface area (Å²) in [7, 11) is -7.50. The number of hydrogen-bond donors (Lipinski definition) is 6. The highest BCUT2D eigenvalue weighted by molar-refractivity contribution is 8.23. The molecular weight excluding hydrogens is 532 g/mol. The predicted molar refractivity (Wildman–Crippen MR) is 149 cm³/mol. The Bertz CT molecular complexity index is 1460. The van der Waals surface area contributed by atoms with Crippen LogP contribution in [0.2, 0.25) is 0 Å². The largest absolute Gasteiger partial charge is 0.506 e. The van der Waals surface area contributed by atoms with E-state index < -0.39 is 37.7 Å². The van der Waals surface area contributed by atoms with Crippen LogP contribution in [0.25, 0.3) is 5.76 Å². The highest BCUT2D eigenvalue weighted by Gasteiger charge is 2.50. The standard InChI is InChI=1S/C25H32N4O7S2/c1-6-13-25(29-36-24(2,3)4)17-10-8-7-9-16(17)21(30)20(22(25)31)23-26-18-12-11-15(27-37(5,32)33)14-19(18)38(34,35)28-23/h7-12,14,27,29-30,34-35H,6,13H2,1-5H3,(H,26,28). The van der Waals surface area contributed by atoms with Crippen LogP contribution in [0, 0.1) is 0 Å². The van der Waals surface area contributed by atoms with Crippen LogP contribution < -0.4 is 15.5 Å². The van der Waals surface area contributed by atoms with Gasteiger partial charge in [-0.05, 0) is 51.0 Å². The predicted octanol–water partition coefficient (Wildman–Crippen LogP) is 4.77. The third-order valence-corrected chi connectivity index (χ3v) is 7.91. The van der Waals surface area contributed by atoms with Gasteiger partial charge in [0.2, 0.25) is 10.0 Å². The number of hydroxylamine groups is 1. The minimum Gasteiger partial charge on any atom is -0.506 e.